The number of amides is 2. The molecule has 27 heavy (non-hydrogen) atoms. The number of benzene rings is 2. The minimum atomic E-state index is -1.00. The third kappa shape index (κ3) is 3.84. The Morgan fingerprint density at radius 1 is 1.11 bits per heavy atom. The molecule has 2 aromatic carbocycles. The Labute approximate surface area is 157 Å². The monoisotopic (exact) mass is 363 g/mol. The molecular weight excluding hydrogens is 342 g/mol. The zero-order chi connectivity index (χ0) is 18.6. The summed E-state index contributed by atoms with van der Waals surface area (Å²) in [6, 6.07) is 17.0. The number of benzodiazepines with no additional fused rings is 1. The molecule has 1 aliphatic carbocycles. The minimum Gasteiger partial charge on any atom is -0.445 e. The second kappa shape index (κ2) is 7.61. The number of alkyl carbamates (subject to hydrolysis) is 1. The summed E-state index contributed by atoms with van der Waals surface area (Å²) in [5.41, 5.74) is 3.42. The van der Waals surface area contributed by atoms with Crippen molar-refractivity contribution in [1.82, 2.24) is 5.32 Å². The largest absolute Gasteiger partial charge is 0.445 e. The van der Waals surface area contributed by atoms with Gasteiger partial charge in [-0.25, -0.2) is 4.79 Å². The number of rotatable bonds is 4. The Morgan fingerprint density at radius 3 is 2.59 bits per heavy atom. The van der Waals surface area contributed by atoms with Gasteiger partial charge >= 0.3 is 6.09 Å². The molecule has 0 aromatic heterocycles. The summed E-state index contributed by atoms with van der Waals surface area (Å²) in [7, 11) is 0. The van der Waals surface area contributed by atoms with Crippen LogP contribution in [0.3, 0.4) is 0 Å². The molecule has 1 fully saturated rings. The molecule has 1 atom stereocenters. The lowest BCUT2D eigenvalue weighted by Crippen LogP contribution is -2.42. The highest BCUT2D eigenvalue weighted by Crippen LogP contribution is 2.34. The van der Waals surface area contributed by atoms with Gasteiger partial charge in [0.25, 0.3) is 5.91 Å². The normalized spacial score (nSPS) is 19.0. The molecule has 2 amide bonds. The minimum absolute atomic E-state index is 0.139. The van der Waals surface area contributed by atoms with Gasteiger partial charge in [0.15, 0.2) is 0 Å². The first-order valence-electron chi connectivity index (χ1n) is 9.16. The standard InChI is InChI=1S/C21H21N3O3/c25-20-19(24-21(26)27-13-14-7-2-1-3-8-14)23-18(15-9-6-10-15)16-11-4-5-12-17(16)22-20/h1-5,7-8,11-12,15,19H,6,9-10,13H2,(H,22,25)(H,24,26)/t19-/m0/s1. The van der Waals surface area contributed by atoms with Crippen molar-refractivity contribution in [2.75, 3.05) is 5.32 Å². The summed E-state index contributed by atoms with van der Waals surface area (Å²) in [6.07, 6.45) is 1.58. The number of para-hydroxylation sites is 1. The van der Waals surface area contributed by atoms with Gasteiger partial charge < -0.3 is 10.1 Å². The lowest BCUT2D eigenvalue weighted by Gasteiger charge is -2.27. The first-order chi connectivity index (χ1) is 13.2. The van der Waals surface area contributed by atoms with E-state index < -0.39 is 12.3 Å². The van der Waals surface area contributed by atoms with Gasteiger partial charge in [-0.3, -0.25) is 15.1 Å². The molecule has 4 rings (SSSR count). The molecule has 0 radical (unpaired) electrons. The van der Waals surface area contributed by atoms with Crippen LogP contribution in [0.5, 0.6) is 0 Å². The van der Waals surface area contributed by atoms with Gasteiger partial charge in [0, 0.05) is 17.2 Å². The topological polar surface area (TPSA) is 79.8 Å². The van der Waals surface area contributed by atoms with E-state index in [1.54, 1.807) is 0 Å². The number of aliphatic imine (C=N–C) groups is 1. The van der Waals surface area contributed by atoms with E-state index in [1.807, 2.05) is 54.6 Å². The summed E-state index contributed by atoms with van der Waals surface area (Å²) < 4.78 is 5.23. The second-order valence-corrected chi connectivity index (χ2v) is 6.79. The number of hydrogen-bond acceptors (Lipinski definition) is 4. The molecule has 6 heteroatoms. The molecule has 0 spiro atoms. The van der Waals surface area contributed by atoms with Crippen LogP contribution in [0, 0.1) is 5.92 Å². The predicted octanol–water partition coefficient (Wildman–Crippen LogP) is 3.48. The maximum atomic E-state index is 12.6. The Balaban J connectivity index is 1.50. The third-order valence-electron chi connectivity index (χ3n) is 4.94. The van der Waals surface area contributed by atoms with Gasteiger partial charge in [0.2, 0.25) is 6.17 Å². The molecule has 1 saturated carbocycles. The van der Waals surface area contributed by atoms with E-state index in [0.717, 1.165) is 41.8 Å². The predicted molar refractivity (Wildman–Crippen MR) is 103 cm³/mol. The Bertz CT molecular complexity index is 875. The third-order valence-corrected chi connectivity index (χ3v) is 4.94. The maximum absolute atomic E-state index is 12.6. The molecule has 0 unspecified atom stereocenters. The molecule has 1 heterocycles. The lowest BCUT2D eigenvalue weighted by molar-refractivity contribution is -0.117. The number of ether oxygens (including phenoxy) is 1. The van der Waals surface area contributed by atoms with Crippen molar-refractivity contribution < 1.29 is 14.3 Å². The molecule has 6 nitrogen and oxygen atoms in total. The highest BCUT2D eigenvalue weighted by atomic mass is 16.5. The van der Waals surface area contributed by atoms with Crippen LogP contribution in [0.15, 0.2) is 59.6 Å². The summed E-state index contributed by atoms with van der Waals surface area (Å²) in [6.45, 7) is 0.139. The Kier molecular flexibility index (Phi) is 4.87. The van der Waals surface area contributed by atoms with Crippen molar-refractivity contribution in [3.63, 3.8) is 0 Å². The summed E-state index contributed by atoms with van der Waals surface area (Å²) in [4.78, 5) is 29.4. The highest BCUT2D eigenvalue weighted by Gasteiger charge is 2.32. The van der Waals surface area contributed by atoms with Crippen molar-refractivity contribution in [2.24, 2.45) is 10.9 Å². The average molecular weight is 363 g/mol. The van der Waals surface area contributed by atoms with E-state index in [9.17, 15) is 9.59 Å². The molecular formula is C21H21N3O3. The molecule has 1 aliphatic heterocycles. The number of anilines is 1. The number of hydrogen-bond donors (Lipinski definition) is 2. The van der Waals surface area contributed by atoms with Crippen molar-refractivity contribution >= 4 is 23.4 Å². The quantitative estimate of drug-likeness (QED) is 0.873. The lowest BCUT2D eigenvalue weighted by atomic mass is 9.79. The van der Waals surface area contributed by atoms with E-state index in [0.29, 0.717) is 5.92 Å². The fourth-order valence-corrected chi connectivity index (χ4v) is 3.27. The van der Waals surface area contributed by atoms with Crippen LogP contribution in [0.2, 0.25) is 0 Å². The Hall–Kier alpha value is -3.15. The number of fused-ring (bicyclic) bond motifs is 1. The van der Waals surface area contributed by atoms with Gasteiger partial charge in [-0.15, -0.1) is 0 Å². The van der Waals surface area contributed by atoms with Crippen LogP contribution < -0.4 is 10.6 Å². The molecule has 0 bridgehead atoms. The van der Waals surface area contributed by atoms with Crippen molar-refractivity contribution in [2.45, 2.75) is 32.0 Å². The van der Waals surface area contributed by atoms with Gasteiger partial charge in [-0.1, -0.05) is 55.0 Å². The summed E-state index contributed by atoms with van der Waals surface area (Å²) in [5, 5.41) is 5.45. The highest BCUT2D eigenvalue weighted by molar-refractivity contribution is 6.13. The van der Waals surface area contributed by atoms with Crippen LogP contribution in [0.25, 0.3) is 0 Å². The SMILES string of the molecule is O=C(N[C@@H]1N=C(C2CCC2)c2ccccc2NC1=O)OCc1ccccc1. The fourth-order valence-electron chi connectivity index (χ4n) is 3.27. The van der Waals surface area contributed by atoms with Crippen LogP contribution in [-0.2, 0) is 16.1 Å². The first-order valence-corrected chi connectivity index (χ1v) is 9.16. The molecule has 2 aromatic rings. The van der Waals surface area contributed by atoms with Crippen LogP contribution in [-0.4, -0.2) is 23.9 Å². The zero-order valence-electron chi connectivity index (χ0n) is 14.9. The molecule has 2 N–H and O–H groups in total. The average Bonchev–Trinajstić information content (AvgIpc) is 2.77. The first kappa shape index (κ1) is 17.3. The van der Waals surface area contributed by atoms with Crippen molar-refractivity contribution in [3.05, 3.63) is 65.7 Å². The van der Waals surface area contributed by atoms with E-state index in [4.69, 9.17) is 4.74 Å². The van der Waals surface area contributed by atoms with E-state index in [1.165, 1.54) is 0 Å². The van der Waals surface area contributed by atoms with Gasteiger partial charge in [0.05, 0.1) is 5.71 Å². The Morgan fingerprint density at radius 2 is 1.85 bits per heavy atom. The number of nitrogens with zero attached hydrogens (tertiary/aromatic N) is 1. The van der Waals surface area contributed by atoms with Crippen LogP contribution in [0.1, 0.15) is 30.4 Å². The van der Waals surface area contributed by atoms with Crippen molar-refractivity contribution in [1.29, 1.82) is 0 Å². The van der Waals surface area contributed by atoms with Gasteiger partial charge in [0.1, 0.15) is 6.61 Å². The number of nitrogens with one attached hydrogen (secondary N) is 2. The molecule has 0 saturated heterocycles. The fraction of sp³-hybridized carbons (Fsp3) is 0.286. The maximum Gasteiger partial charge on any atom is 0.409 e. The van der Waals surface area contributed by atoms with E-state index in [-0.39, 0.29) is 12.5 Å². The summed E-state index contributed by atoms with van der Waals surface area (Å²) >= 11 is 0. The van der Waals surface area contributed by atoms with Crippen molar-refractivity contribution in [3.8, 4) is 0 Å². The number of carbonyl (C=O) groups excluding carboxylic acids is 2. The zero-order valence-corrected chi connectivity index (χ0v) is 14.9. The van der Waals surface area contributed by atoms with Gasteiger partial charge in [-0.05, 0) is 24.5 Å². The number of carbonyl (C=O) groups is 2. The second-order valence-electron chi connectivity index (χ2n) is 6.79. The smallest absolute Gasteiger partial charge is 0.409 e. The molecule has 138 valence electrons. The molecule has 2 aliphatic rings. The van der Waals surface area contributed by atoms with Gasteiger partial charge in [-0.2, -0.15) is 0 Å². The van der Waals surface area contributed by atoms with E-state index in [2.05, 4.69) is 15.6 Å². The van der Waals surface area contributed by atoms with E-state index >= 15 is 0 Å². The summed E-state index contributed by atoms with van der Waals surface area (Å²) in [5.74, 6) is -0.0445. The van der Waals surface area contributed by atoms with Crippen LogP contribution in [0.4, 0.5) is 10.5 Å². The van der Waals surface area contributed by atoms with Crippen LogP contribution >= 0.6 is 0 Å².